The number of rotatable bonds is 9. The quantitative estimate of drug-likeness (QED) is 0.134. The average molecular weight is 849 g/mol. The van der Waals surface area contributed by atoms with Crippen LogP contribution in [0.2, 0.25) is 0 Å². The highest BCUT2D eigenvalue weighted by Gasteiger charge is 2.25. The van der Waals surface area contributed by atoms with Crippen LogP contribution in [-0.2, 0) is 0 Å². The first-order valence-electron chi connectivity index (χ1n) is 23.2. The minimum absolute atomic E-state index is 0.160. The Labute approximate surface area is 389 Å². The Balaban J connectivity index is 1.30. The summed E-state index contributed by atoms with van der Waals surface area (Å²) >= 11 is 0. The largest absolute Gasteiger partial charge is 0.334 e. The third kappa shape index (κ3) is 7.55. The lowest BCUT2D eigenvalue weighted by Crippen LogP contribution is -2.30. The summed E-state index contributed by atoms with van der Waals surface area (Å²) in [6.45, 7) is 8.67. The standard InChI is InChI=1S/C64H52N2/c1-43-20-28-50(29-21-43)65(51-30-22-44(2)23-31-51)54-36-38-56-60(40-54)61-41-55(66(52-32-24-45(3)25-33-52)53-34-26-46(4)27-35-53)37-39-57(61)64-62(49-18-12-7-13-19-49)58(47-14-8-5-9-15-47)42-59(63(56)64)48-16-10-6-11-17-48/h5-30,32-42,51H,31H2,1-4H3/t51-/m1/s1. The van der Waals surface area contributed by atoms with Gasteiger partial charge in [-0.05, 0) is 167 Å². The molecule has 0 N–H and O–H groups in total. The summed E-state index contributed by atoms with van der Waals surface area (Å²) in [5.74, 6) is 0. The molecule has 0 saturated carbocycles. The molecule has 2 nitrogen and oxygen atoms in total. The number of allylic oxidation sites excluding steroid dienone is 2. The average Bonchev–Trinajstić information content (AvgIpc) is 3.36. The Morgan fingerprint density at radius 1 is 0.379 bits per heavy atom. The van der Waals surface area contributed by atoms with E-state index in [2.05, 4.69) is 262 Å². The van der Waals surface area contributed by atoms with Crippen molar-refractivity contribution in [3.8, 4) is 33.4 Å². The summed E-state index contributed by atoms with van der Waals surface area (Å²) in [5.41, 5.74) is 18.0. The molecule has 0 aliphatic heterocycles. The van der Waals surface area contributed by atoms with Crippen LogP contribution in [0.3, 0.4) is 0 Å². The van der Waals surface area contributed by atoms with E-state index in [9.17, 15) is 0 Å². The maximum Gasteiger partial charge on any atom is 0.0560 e. The number of hydrogen-bond acceptors (Lipinski definition) is 2. The van der Waals surface area contributed by atoms with Crippen molar-refractivity contribution in [3.63, 3.8) is 0 Å². The van der Waals surface area contributed by atoms with E-state index in [1.165, 1.54) is 99.3 Å². The molecule has 2 heteroatoms. The fraction of sp³-hybridized carbons (Fsp3) is 0.0938. The van der Waals surface area contributed by atoms with Crippen LogP contribution in [-0.4, -0.2) is 6.04 Å². The molecule has 0 unspecified atom stereocenters. The summed E-state index contributed by atoms with van der Waals surface area (Å²) in [6.07, 6.45) is 7.95. The Bertz CT molecular complexity index is 3390. The Kier molecular flexibility index (Phi) is 10.6. The van der Waals surface area contributed by atoms with Crippen molar-refractivity contribution in [2.45, 2.75) is 40.2 Å². The molecule has 0 fully saturated rings. The minimum Gasteiger partial charge on any atom is -0.334 e. The lowest BCUT2D eigenvalue weighted by atomic mass is 9.81. The molecule has 10 aromatic rings. The van der Waals surface area contributed by atoms with Crippen molar-refractivity contribution >= 4 is 60.8 Å². The monoisotopic (exact) mass is 848 g/mol. The molecular weight excluding hydrogens is 797 g/mol. The number of hydrogen-bond donors (Lipinski definition) is 0. The predicted octanol–water partition coefficient (Wildman–Crippen LogP) is 18.0. The van der Waals surface area contributed by atoms with E-state index in [-0.39, 0.29) is 6.04 Å². The van der Waals surface area contributed by atoms with Crippen molar-refractivity contribution in [1.82, 2.24) is 0 Å². The summed E-state index contributed by atoms with van der Waals surface area (Å²) in [7, 11) is 0. The third-order valence-corrected chi connectivity index (χ3v) is 13.4. The molecule has 10 aromatic carbocycles. The minimum atomic E-state index is 0.160. The highest BCUT2D eigenvalue weighted by Crippen LogP contribution is 2.51. The van der Waals surface area contributed by atoms with Gasteiger partial charge < -0.3 is 9.80 Å². The van der Waals surface area contributed by atoms with Gasteiger partial charge in [0.05, 0.1) is 6.04 Å². The van der Waals surface area contributed by atoms with Crippen LogP contribution >= 0.6 is 0 Å². The molecule has 0 bridgehead atoms. The molecule has 66 heavy (non-hydrogen) atoms. The van der Waals surface area contributed by atoms with E-state index in [0.717, 1.165) is 23.5 Å². The Morgan fingerprint density at radius 2 is 0.833 bits per heavy atom. The number of fused-ring (bicyclic) bond motifs is 6. The summed E-state index contributed by atoms with van der Waals surface area (Å²) in [5, 5.41) is 7.39. The van der Waals surface area contributed by atoms with Gasteiger partial charge in [-0.2, -0.15) is 0 Å². The smallest absolute Gasteiger partial charge is 0.0560 e. The van der Waals surface area contributed by atoms with E-state index in [1.54, 1.807) is 0 Å². The molecule has 0 aromatic heterocycles. The number of aryl methyl sites for hydroxylation is 3. The van der Waals surface area contributed by atoms with Crippen LogP contribution < -0.4 is 9.80 Å². The van der Waals surface area contributed by atoms with Crippen LogP contribution in [0, 0.1) is 20.8 Å². The zero-order valence-corrected chi connectivity index (χ0v) is 38.0. The molecule has 11 rings (SSSR count). The first-order chi connectivity index (χ1) is 32.4. The zero-order valence-electron chi connectivity index (χ0n) is 38.0. The van der Waals surface area contributed by atoms with Gasteiger partial charge in [-0.25, -0.2) is 0 Å². The Hall–Kier alpha value is -7.94. The van der Waals surface area contributed by atoms with Gasteiger partial charge in [0.2, 0.25) is 0 Å². The lowest BCUT2D eigenvalue weighted by molar-refractivity contribution is 0.780. The van der Waals surface area contributed by atoms with Crippen LogP contribution in [0.5, 0.6) is 0 Å². The Morgan fingerprint density at radius 3 is 1.36 bits per heavy atom. The first kappa shape index (κ1) is 40.8. The topological polar surface area (TPSA) is 6.48 Å². The second-order valence-electron chi connectivity index (χ2n) is 18.0. The molecule has 0 radical (unpaired) electrons. The molecule has 318 valence electrons. The summed E-state index contributed by atoms with van der Waals surface area (Å²) in [4.78, 5) is 4.95. The van der Waals surface area contributed by atoms with Gasteiger partial charge in [0, 0.05) is 28.4 Å². The van der Waals surface area contributed by atoms with Crippen LogP contribution in [0.25, 0.3) is 65.7 Å². The molecule has 1 aliphatic carbocycles. The van der Waals surface area contributed by atoms with E-state index in [1.807, 2.05) is 0 Å². The fourth-order valence-electron chi connectivity index (χ4n) is 10.0. The van der Waals surface area contributed by atoms with Crippen LogP contribution in [0.1, 0.15) is 30.0 Å². The third-order valence-electron chi connectivity index (χ3n) is 13.4. The lowest BCUT2D eigenvalue weighted by Gasteiger charge is -2.33. The maximum atomic E-state index is 2.54. The number of nitrogens with zero attached hydrogens (tertiary/aromatic N) is 2. The van der Waals surface area contributed by atoms with Crippen LogP contribution in [0.4, 0.5) is 28.4 Å². The van der Waals surface area contributed by atoms with Gasteiger partial charge in [-0.3, -0.25) is 0 Å². The second-order valence-corrected chi connectivity index (χ2v) is 18.0. The molecule has 0 amide bonds. The fourth-order valence-corrected chi connectivity index (χ4v) is 10.0. The van der Waals surface area contributed by atoms with Gasteiger partial charge in [0.1, 0.15) is 0 Å². The summed E-state index contributed by atoms with van der Waals surface area (Å²) in [6, 6.07) is 76.9. The van der Waals surface area contributed by atoms with E-state index in [0.29, 0.717) is 0 Å². The zero-order chi connectivity index (χ0) is 44.7. The molecule has 0 heterocycles. The van der Waals surface area contributed by atoms with Gasteiger partial charge in [0.25, 0.3) is 0 Å². The van der Waals surface area contributed by atoms with Gasteiger partial charge in [-0.15, -0.1) is 0 Å². The SMILES string of the molecule is CC1=CC[C@H](N(c2ccc(C)cc2)c2ccc3c(c2)c2cc(N(c4ccc(C)cc4)c4ccc(C)cc4)ccc2c2c(-c4ccccc4)c(-c4ccccc4)cc(-c4ccccc4)c32)C=C1. The van der Waals surface area contributed by atoms with Gasteiger partial charge >= 0.3 is 0 Å². The van der Waals surface area contributed by atoms with Crippen molar-refractivity contribution in [2.24, 2.45) is 0 Å². The van der Waals surface area contributed by atoms with Crippen molar-refractivity contribution < 1.29 is 0 Å². The predicted molar refractivity (Wildman–Crippen MR) is 284 cm³/mol. The molecule has 1 atom stereocenters. The molecule has 1 aliphatic rings. The van der Waals surface area contributed by atoms with Crippen molar-refractivity contribution in [2.75, 3.05) is 9.80 Å². The van der Waals surface area contributed by atoms with Crippen LogP contribution in [0.15, 0.2) is 230 Å². The number of anilines is 5. The molecular formula is C64H52N2. The molecule has 0 saturated heterocycles. The highest BCUT2D eigenvalue weighted by molar-refractivity contribution is 6.33. The molecule has 0 spiro atoms. The number of benzene rings is 10. The van der Waals surface area contributed by atoms with Crippen molar-refractivity contribution in [1.29, 1.82) is 0 Å². The summed E-state index contributed by atoms with van der Waals surface area (Å²) < 4.78 is 0. The van der Waals surface area contributed by atoms with Crippen molar-refractivity contribution in [3.05, 3.63) is 247 Å². The van der Waals surface area contributed by atoms with E-state index >= 15 is 0 Å². The van der Waals surface area contributed by atoms with Gasteiger partial charge in [0.15, 0.2) is 0 Å². The maximum absolute atomic E-state index is 2.54. The normalized spacial score (nSPS) is 13.6. The van der Waals surface area contributed by atoms with E-state index < -0.39 is 0 Å². The van der Waals surface area contributed by atoms with E-state index in [4.69, 9.17) is 0 Å². The second kappa shape index (κ2) is 17.2. The van der Waals surface area contributed by atoms with Gasteiger partial charge in [-0.1, -0.05) is 180 Å². The highest BCUT2D eigenvalue weighted by atomic mass is 15.2. The first-order valence-corrected chi connectivity index (χ1v) is 23.2.